The molecule has 0 amide bonds. The molecule has 2 rings (SSSR count). The summed E-state index contributed by atoms with van der Waals surface area (Å²) in [6, 6.07) is 5.50. The minimum Gasteiger partial charge on any atom is -0.371 e. The molecule has 19 heavy (non-hydrogen) atoms. The fraction of sp³-hybridized carbons (Fsp3) is 0.562. The van der Waals surface area contributed by atoms with Gasteiger partial charge in [-0.15, -0.1) is 0 Å². The van der Waals surface area contributed by atoms with Gasteiger partial charge in [-0.1, -0.05) is 38.3 Å². The minimum absolute atomic E-state index is 0.496. The van der Waals surface area contributed by atoms with Crippen molar-refractivity contribution in [2.24, 2.45) is 5.41 Å². The van der Waals surface area contributed by atoms with Crippen LogP contribution in [0, 0.1) is 5.41 Å². The molecular formula is C16H22ClNO. The number of rotatable bonds is 4. The largest absolute Gasteiger partial charge is 0.371 e. The zero-order valence-corrected chi connectivity index (χ0v) is 12.5. The van der Waals surface area contributed by atoms with Crippen LogP contribution in [-0.4, -0.2) is 19.4 Å². The molecule has 1 aromatic carbocycles. The van der Waals surface area contributed by atoms with Gasteiger partial charge in [-0.05, 0) is 36.5 Å². The van der Waals surface area contributed by atoms with Crippen LogP contribution in [0.2, 0.25) is 5.02 Å². The summed E-state index contributed by atoms with van der Waals surface area (Å²) >= 11 is 6.06. The Morgan fingerprint density at radius 1 is 1.26 bits per heavy atom. The van der Waals surface area contributed by atoms with Gasteiger partial charge in [0.25, 0.3) is 0 Å². The van der Waals surface area contributed by atoms with Crippen LogP contribution in [0.3, 0.4) is 0 Å². The third kappa shape index (κ3) is 2.94. The van der Waals surface area contributed by atoms with E-state index < -0.39 is 0 Å². The van der Waals surface area contributed by atoms with Gasteiger partial charge in [-0.2, -0.15) is 0 Å². The second kappa shape index (κ2) is 5.96. The Morgan fingerprint density at radius 2 is 1.89 bits per heavy atom. The van der Waals surface area contributed by atoms with Crippen LogP contribution in [0.25, 0.3) is 0 Å². The van der Waals surface area contributed by atoms with Gasteiger partial charge in [-0.25, -0.2) is 0 Å². The first-order valence-corrected chi connectivity index (χ1v) is 7.51. The number of halogens is 1. The summed E-state index contributed by atoms with van der Waals surface area (Å²) in [5.74, 6) is 0. The normalized spacial score (nSPS) is 18.4. The molecule has 1 aromatic rings. The smallest absolute Gasteiger partial charge is 0.152 e. The van der Waals surface area contributed by atoms with Crippen molar-refractivity contribution < 1.29 is 4.79 Å². The van der Waals surface area contributed by atoms with Crippen molar-refractivity contribution in [3.8, 4) is 0 Å². The summed E-state index contributed by atoms with van der Waals surface area (Å²) in [4.78, 5) is 13.5. The van der Waals surface area contributed by atoms with Crippen molar-refractivity contribution in [2.45, 2.75) is 39.5 Å². The lowest BCUT2D eigenvalue weighted by atomic mass is 9.74. The highest BCUT2D eigenvalue weighted by molar-refractivity contribution is 6.31. The average molecular weight is 280 g/mol. The lowest BCUT2D eigenvalue weighted by Gasteiger charge is -2.42. The minimum atomic E-state index is 0.496. The van der Waals surface area contributed by atoms with E-state index in [0.717, 1.165) is 30.6 Å². The maximum atomic E-state index is 11.2. The number of nitrogens with zero attached hydrogens (tertiary/aromatic N) is 1. The Bertz CT molecular complexity index is 444. The van der Waals surface area contributed by atoms with Gasteiger partial charge < -0.3 is 4.90 Å². The van der Waals surface area contributed by atoms with Crippen molar-refractivity contribution in [3.63, 3.8) is 0 Å². The molecule has 0 bridgehead atoms. The molecule has 1 fully saturated rings. The summed E-state index contributed by atoms with van der Waals surface area (Å²) in [7, 11) is 0. The van der Waals surface area contributed by atoms with Gasteiger partial charge in [0.1, 0.15) is 0 Å². The maximum Gasteiger partial charge on any atom is 0.152 e. The van der Waals surface area contributed by atoms with E-state index in [4.69, 9.17) is 11.6 Å². The Morgan fingerprint density at radius 3 is 2.42 bits per heavy atom. The number of aldehydes is 1. The number of hydrogen-bond acceptors (Lipinski definition) is 2. The second-order valence-electron chi connectivity index (χ2n) is 5.52. The van der Waals surface area contributed by atoms with Gasteiger partial charge >= 0.3 is 0 Å². The van der Waals surface area contributed by atoms with Gasteiger partial charge in [0, 0.05) is 29.4 Å². The van der Waals surface area contributed by atoms with E-state index in [2.05, 4.69) is 18.7 Å². The Hall–Kier alpha value is -1.02. The molecule has 1 heterocycles. The van der Waals surface area contributed by atoms with Crippen LogP contribution in [-0.2, 0) is 0 Å². The van der Waals surface area contributed by atoms with Gasteiger partial charge in [0.15, 0.2) is 6.29 Å². The van der Waals surface area contributed by atoms with Crippen LogP contribution < -0.4 is 4.90 Å². The molecule has 1 aliphatic rings. The van der Waals surface area contributed by atoms with Gasteiger partial charge in [-0.3, -0.25) is 4.79 Å². The van der Waals surface area contributed by atoms with Crippen LogP contribution in [0.15, 0.2) is 18.2 Å². The molecule has 2 nitrogen and oxygen atoms in total. The topological polar surface area (TPSA) is 20.3 Å². The first-order chi connectivity index (χ1) is 9.14. The first-order valence-electron chi connectivity index (χ1n) is 7.14. The molecular weight excluding hydrogens is 258 g/mol. The van der Waals surface area contributed by atoms with E-state index in [-0.39, 0.29) is 0 Å². The van der Waals surface area contributed by atoms with E-state index >= 15 is 0 Å². The summed E-state index contributed by atoms with van der Waals surface area (Å²) in [6.07, 6.45) is 5.81. The van der Waals surface area contributed by atoms with Crippen molar-refractivity contribution in [1.82, 2.24) is 0 Å². The fourth-order valence-corrected chi connectivity index (χ4v) is 3.24. The monoisotopic (exact) mass is 279 g/mol. The Balaban J connectivity index is 2.17. The molecule has 0 radical (unpaired) electrons. The SMILES string of the molecule is CCC1(CC)CCN(c2cc(Cl)ccc2C=O)CC1. The quantitative estimate of drug-likeness (QED) is 0.753. The third-order valence-corrected chi connectivity index (χ3v) is 5.02. The number of benzene rings is 1. The molecule has 0 aliphatic carbocycles. The van der Waals surface area contributed by atoms with Crippen molar-refractivity contribution >= 4 is 23.6 Å². The van der Waals surface area contributed by atoms with Crippen LogP contribution in [0.5, 0.6) is 0 Å². The molecule has 0 aromatic heterocycles. The Kier molecular flexibility index (Phi) is 4.51. The highest BCUT2D eigenvalue weighted by Crippen LogP contribution is 2.39. The molecule has 0 saturated carbocycles. The average Bonchev–Trinajstić information content (AvgIpc) is 2.47. The molecule has 0 N–H and O–H groups in total. The highest BCUT2D eigenvalue weighted by atomic mass is 35.5. The number of hydrogen-bond donors (Lipinski definition) is 0. The molecule has 1 aliphatic heterocycles. The van der Waals surface area contributed by atoms with Crippen LogP contribution in [0.1, 0.15) is 49.9 Å². The fourth-order valence-electron chi connectivity index (χ4n) is 3.07. The molecule has 104 valence electrons. The van der Waals surface area contributed by atoms with Crippen molar-refractivity contribution in [3.05, 3.63) is 28.8 Å². The third-order valence-electron chi connectivity index (χ3n) is 4.78. The molecule has 0 atom stereocenters. The number of carbonyl (C=O) groups excluding carboxylic acids is 1. The van der Waals surface area contributed by atoms with E-state index in [1.54, 1.807) is 6.07 Å². The van der Waals surface area contributed by atoms with E-state index in [0.29, 0.717) is 10.4 Å². The summed E-state index contributed by atoms with van der Waals surface area (Å²) in [5.41, 5.74) is 2.23. The summed E-state index contributed by atoms with van der Waals surface area (Å²) < 4.78 is 0. The van der Waals surface area contributed by atoms with Crippen molar-refractivity contribution in [2.75, 3.05) is 18.0 Å². The van der Waals surface area contributed by atoms with Crippen LogP contribution >= 0.6 is 11.6 Å². The van der Waals surface area contributed by atoms with Crippen LogP contribution in [0.4, 0.5) is 5.69 Å². The lowest BCUT2D eigenvalue weighted by Crippen LogP contribution is -2.40. The molecule has 1 saturated heterocycles. The lowest BCUT2D eigenvalue weighted by molar-refractivity contribution is 0.112. The zero-order chi connectivity index (χ0) is 13.9. The second-order valence-corrected chi connectivity index (χ2v) is 5.95. The molecule has 0 spiro atoms. The predicted molar refractivity (Wildman–Crippen MR) is 81.3 cm³/mol. The zero-order valence-electron chi connectivity index (χ0n) is 11.8. The molecule has 0 unspecified atom stereocenters. The van der Waals surface area contributed by atoms with Crippen molar-refractivity contribution in [1.29, 1.82) is 0 Å². The molecule has 3 heteroatoms. The van der Waals surface area contributed by atoms with E-state index in [9.17, 15) is 4.79 Å². The first kappa shape index (κ1) is 14.4. The highest BCUT2D eigenvalue weighted by Gasteiger charge is 2.31. The standard InChI is InChI=1S/C16H22ClNO/c1-3-16(4-2)7-9-18(10-8-16)15-11-14(17)6-5-13(15)12-19/h5-6,11-12H,3-4,7-10H2,1-2H3. The Labute approximate surface area is 120 Å². The summed E-state index contributed by atoms with van der Waals surface area (Å²) in [5, 5.41) is 0.698. The van der Waals surface area contributed by atoms with Gasteiger partial charge in [0.2, 0.25) is 0 Å². The summed E-state index contributed by atoms with van der Waals surface area (Å²) in [6.45, 7) is 6.61. The predicted octanol–water partition coefficient (Wildman–Crippen LogP) is 4.56. The van der Waals surface area contributed by atoms with Gasteiger partial charge in [0.05, 0.1) is 0 Å². The van der Waals surface area contributed by atoms with E-state index in [1.165, 1.54) is 25.7 Å². The maximum absolute atomic E-state index is 11.2. The number of piperidine rings is 1. The van der Waals surface area contributed by atoms with E-state index in [1.807, 2.05) is 12.1 Å². The number of carbonyl (C=O) groups is 1. The number of anilines is 1.